The molecule has 5 aromatic rings. The van der Waals surface area contributed by atoms with Crippen molar-refractivity contribution in [2.75, 3.05) is 45.4 Å². The number of methoxy groups -OCH3 is 2. The van der Waals surface area contributed by atoms with Crippen molar-refractivity contribution in [3.63, 3.8) is 0 Å². The van der Waals surface area contributed by atoms with E-state index in [9.17, 15) is 13.2 Å². The zero-order chi connectivity index (χ0) is 34.1. The van der Waals surface area contributed by atoms with E-state index >= 15 is 0 Å². The van der Waals surface area contributed by atoms with Crippen LogP contribution >= 0.6 is 0 Å². The van der Waals surface area contributed by atoms with Gasteiger partial charge in [0.2, 0.25) is 0 Å². The molecule has 0 amide bonds. The van der Waals surface area contributed by atoms with Crippen LogP contribution in [0.25, 0.3) is 28.0 Å². The van der Waals surface area contributed by atoms with Crippen LogP contribution in [0.15, 0.2) is 91.0 Å². The van der Waals surface area contributed by atoms with Crippen molar-refractivity contribution >= 4 is 22.5 Å². The molecule has 0 spiro atoms. The first kappa shape index (κ1) is 31.3. The molecule has 2 aliphatic heterocycles. The number of hydrogen-bond acceptors (Lipinski definition) is 5. The standard InChI is InChI=1S/C41H36F3NO4/c1-39(2)35-23-27(41(42,43)44)9-15-32(35)36-31-16-14-30(47-4)24-34(31)38-33(37(36)39)17-18-40(49-38,26-7-12-29(46-3)13-8-26)25-5-10-28(11-6-25)45-19-21-48-22-20-45/h5-18,23-24H,19-22H2,1-4H3. The smallest absolute Gasteiger partial charge is 0.416 e. The molecule has 3 aliphatic rings. The molecule has 250 valence electrons. The molecule has 5 nitrogen and oxygen atoms in total. The summed E-state index contributed by atoms with van der Waals surface area (Å²) in [6.45, 7) is 7.04. The summed E-state index contributed by atoms with van der Waals surface area (Å²) in [5.74, 6) is 2.04. The molecular formula is C41H36F3NO4. The lowest BCUT2D eigenvalue weighted by Gasteiger charge is -2.39. The van der Waals surface area contributed by atoms with Gasteiger partial charge in [0, 0.05) is 46.3 Å². The van der Waals surface area contributed by atoms with Crippen molar-refractivity contribution in [2.45, 2.75) is 31.0 Å². The SMILES string of the molecule is COc1ccc(C2(c3ccc(N4CCOCC4)cc3)C=Cc3c4c(c5ccc(OC)cc5c3O2)-c2ccc(C(F)(F)F)cc2C4(C)C)cc1. The highest BCUT2D eigenvalue weighted by atomic mass is 19.4. The number of fused-ring (bicyclic) bond motifs is 8. The lowest BCUT2D eigenvalue weighted by atomic mass is 9.76. The van der Waals surface area contributed by atoms with Gasteiger partial charge in [0.25, 0.3) is 0 Å². The lowest BCUT2D eigenvalue weighted by molar-refractivity contribution is -0.137. The van der Waals surface area contributed by atoms with Gasteiger partial charge in [0.1, 0.15) is 17.2 Å². The molecule has 2 heterocycles. The van der Waals surface area contributed by atoms with Crippen LogP contribution in [0.2, 0.25) is 0 Å². The Kier molecular flexibility index (Phi) is 7.23. The summed E-state index contributed by atoms with van der Waals surface area (Å²) in [7, 11) is 3.26. The molecule has 1 atom stereocenters. The van der Waals surface area contributed by atoms with E-state index in [4.69, 9.17) is 18.9 Å². The van der Waals surface area contributed by atoms with Crippen LogP contribution in [0, 0.1) is 0 Å². The fraction of sp³-hybridized carbons (Fsp3) is 0.268. The summed E-state index contributed by atoms with van der Waals surface area (Å²) in [6.07, 6.45) is -0.282. The van der Waals surface area contributed by atoms with E-state index in [1.165, 1.54) is 12.1 Å². The molecule has 0 bridgehead atoms. The number of nitrogens with zero attached hydrogens (tertiary/aromatic N) is 1. The Labute approximate surface area is 283 Å². The Bertz CT molecular complexity index is 2110. The maximum absolute atomic E-state index is 14.0. The summed E-state index contributed by atoms with van der Waals surface area (Å²) < 4.78 is 66.0. The third-order valence-corrected chi connectivity index (χ3v) is 10.4. The zero-order valence-corrected chi connectivity index (χ0v) is 27.8. The van der Waals surface area contributed by atoms with Gasteiger partial charge in [-0.25, -0.2) is 0 Å². The van der Waals surface area contributed by atoms with Crippen LogP contribution in [-0.2, 0) is 21.9 Å². The van der Waals surface area contributed by atoms with Crippen LogP contribution in [0.5, 0.6) is 17.2 Å². The highest BCUT2D eigenvalue weighted by molar-refractivity contribution is 6.09. The van der Waals surface area contributed by atoms with Gasteiger partial charge >= 0.3 is 6.18 Å². The molecule has 8 rings (SSSR count). The predicted octanol–water partition coefficient (Wildman–Crippen LogP) is 9.37. The first-order valence-electron chi connectivity index (χ1n) is 16.4. The second-order valence-electron chi connectivity index (χ2n) is 13.3. The Morgan fingerprint density at radius 1 is 0.755 bits per heavy atom. The van der Waals surface area contributed by atoms with E-state index in [0.717, 1.165) is 68.7 Å². The predicted molar refractivity (Wildman–Crippen MR) is 186 cm³/mol. The van der Waals surface area contributed by atoms with Crippen LogP contribution < -0.4 is 19.1 Å². The van der Waals surface area contributed by atoms with Gasteiger partial charge in [0.15, 0.2) is 5.60 Å². The van der Waals surface area contributed by atoms with Gasteiger partial charge in [-0.2, -0.15) is 13.2 Å². The Morgan fingerprint density at radius 2 is 1.41 bits per heavy atom. The minimum atomic E-state index is -4.45. The molecule has 0 N–H and O–H groups in total. The van der Waals surface area contributed by atoms with Gasteiger partial charge in [-0.3, -0.25) is 0 Å². The van der Waals surface area contributed by atoms with Crippen LogP contribution in [0.4, 0.5) is 18.9 Å². The maximum atomic E-state index is 14.0. The zero-order valence-electron chi connectivity index (χ0n) is 27.8. The Morgan fingerprint density at radius 3 is 2.06 bits per heavy atom. The average Bonchev–Trinajstić information content (AvgIpc) is 3.37. The topological polar surface area (TPSA) is 40.2 Å². The molecule has 1 unspecified atom stereocenters. The maximum Gasteiger partial charge on any atom is 0.416 e. The summed E-state index contributed by atoms with van der Waals surface area (Å²) in [6, 6.07) is 26.3. The van der Waals surface area contributed by atoms with Gasteiger partial charge in [-0.1, -0.05) is 50.3 Å². The largest absolute Gasteiger partial charge is 0.497 e. The molecule has 5 aromatic carbocycles. The lowest BCUT2D eigenvalue weighted by Crippen LogP contribution is -2.37. The number of halogens is 3. The number of alkyl halides is 3. The van der Waals surface area contributed by atoms with Crippen molar-refractivity contribution < 1.29 is 32.1 Å². The van der Waals surface area contributed by atoms with Gasteiger partial charge < -0.3 is 23.8 Å². The van der Waals surface area contributed by atoms with Crippen LogP contribution in [0.3, 0.4) is 0 Å². The molecule has 0 radical (unpaired) electrons. The second-order valence-corrected chi connectivity index (χ2v) is 13.3. The van der Waals surface area contributed by atoms with E-state index in [1.807, 2.05) is 56.3 Å². The van der Waals surface area contributed by atoms with E-state index in [1.54, 1.807) is 20.3 Å². The highest BCUT2D eigenvalue weighted by Gasteiger charge is 2.45. The molecular weight excluding hydrogens is 627 g/mol. The van der Waals surface area contributed by atoms with Crippen molar-refractivity contribution in [2.24, 2.45) is 0 Å². The summed E-state index contributed by atoms with van der Waals surface area (Å²) >= 11 is 0. The van der Waals surface area contributed by atoms with Crippen molar-refractivity contribution in [3.8, 4) is 28.4 Å². The Hall–Kier alpha value is -4.95. The van der Waals surface area contributed by atoms with Crippen LogP contribution in [-0.4, -0.2) is 40.5 Å². The van der Waals surface area contributed by atoms with Gasteiger partial charge in [0.05, 0.1) is 33.0 Å². The molecule has 1 saturated heterocycles. The minimum Gasteiger partial charge on any atom is -0.497 e. The summed E-state index contributed by atoms with van der Waals surface area (Å²) in [5.41, 5.74) is 4.69. The third kappa shape index (κ3) is 4.87. The van der Waals surface area contributed by atoms with Gasteiger partial charge in [-0.05, 0) is 88.3 Å². The fourth-order valence-electron chi connectivity index (χ4n) is 7.83. The quantitative estimate of drug-likeness (QED) is 0.188. The number of benzene rings is 5. The molecule has 8 heteroatoms. The first-order chi connectivity index (χ1) is 23.5. The summed E-state index contributed by atoms with van der Waals surface area (Å²) in [4.78, 5) is 2.31. The second kappa shape index (κ2) is 11.3. The minimum absolute atomic E-state index is 0.641. The number of hydrogen-bond donors (Lipinski definition) is 0. The molecule has 0 aromatic heterocycles. The summed E-state index contributed by atoms with van der Waals surface area (Å²) in [5, 5.41) is 1.71. The number of anilines is 1. The van der Waals surface area contributed by atoms with Crippen molar-refractivity contribution in [1.29, 1.82) is 0 Å². The number of morpholine rings is 1. The highest BCUT2D eigenvalue weighted by Crippen LogP contribution is 2.59. The van der Waals surface area contributed by atoms with E-state index < -0.39 is 22.8 Å². The average molecular weight is 664 g/mol. The van der Waals surface area contributed by atoms with Crippen molar-refractivity contribution in [3.05, 3.63) is 124 Å². The Balaban J connectivity index is 1.36. The monoisotopic (exact) mass is 663 g/mol. The van der Waals surface area contributed by atoms with Gasteiger partial charge in [-0.15, -0.1) is 0 Å². The first-order valence-corrected chi connectivity index (χ1v) is 16.4. The molecule has 1 fully saturated rings. The third-order valence-electron chi connectivity index (χ3n) is 10.4. The van der Waals surface area contributed by atoms with E-state index in [0.29, 0.717) is 30.3 Å². The fourth-order valence-corrected chi connectivity index (χ4v) is 7.83. The van der Waals surface area contributed by atoms with E-state index in [2.05, 4.69) is 41.3 Å². The normalized spacial score (nSPS) is 19.2. The van der Waals surface area contributed by atoms with Crippen molar-refractivity contribution in [1.82, 2.24) is 0 Å². The number of ether oxygens (including phenoxy) is 4. The molecule has 1 aliphatic carbocycles. The molecule has 49 heavy (non-hydrogen) atoms. The number of rotatable bonds is 5. The van der Waals surface area contributed by atoms with Crippen LogP contribution in [0.1, 0.15) is 47.2 Å². The molecule has 0 saturated carbocycles. The van der Waals surface area contributed by atoms with E-state index in [-0.39, 0.29) is 0 Å².